The van der Waals surface area contributed by atoms with Gasteiger partial charge in [0, 0.05) is 9.61 Å². The molecule has 0 aliphatic heterocycles. The van der Waals surface area contributed by atoms with Crippen molar-refractivity contribution < 1.29 is 0 Å². The second kappa shape index (κ2) is 5.80. The molecule has 3 rings (SSSR count). The van der Waals surface area contributed by atoms with E-state index in [9.17, 15) is 0 Å². The molecule has 2 saturated carbocycles. The largest absolute Gasteiger partial charge is 0.381 e. The molecule has 0 aromatic heterocycles. The lowest BCUT2D eigenvalue weighted by Crippen LogP contribution is -2.31. The Morgan fingerprint density at radius 3 is 2.42 bits per heavy atom. The van der Waals surface area contributed by atoms with Gasteiger partial charge in [0.2, 0.25) is 0 Å². The van der Waals surface area contributed by atoms with Crippen molar-refractivity contribution >= 4 is 39.9 Å². The monoisotopic (exact) mass is 389 g/mol. The molecule has 19 heavy (non-hydrogen) atoms. The minimum Gasteiger partial charge on any atom is -0.381 e. The van der Waals surface area contributed by atoms with Gasteiger partial charge < -0.3 is 5.32 Å². The van der Waals surface area contributed by atoms with Crippen LogP contribution in [0.3, 0.4) is 0 Å². The van der Waals surface area contributed by atoms with E-state index in [-0.39, 0.29) is 0 Å². The number of hydrogen-bond donors (Lipinski definition) is 1. The highest BCUT2D eigenvalue weighted by Crippen LogP contribution is 2.49. The summed E-state index contributed by atoms with van der Waals surface area (Å²) in [6.07, 6.45) is 11.3. The third-order valence-corrected chi connectivity index (χ3v) is 5.98. The summed E-state index contributed by atoms with van der Waals surface area (Å²) in [6, 6.07) is 6.88. The summed E-state index contributed by atoms with van der Waals surface area (Å²) in [4.78, 5) is 0. The topological polar surface area (TPSA) is 12.0 Å². The highest BCUT2D eigenvalue weighted by molar-refractivity contribution is 14.1. The summed E-state index contributed by atoms with van der Waals surface area (Å²) in [6.45, 7) is 0. The molecular formula is C16H21ClIN. The van der Waals surface area contributed by atoms with Crippen LogP contribution in [0.1, 0.15) is 51.4 Å². The van der Waals surface area contributed by atoms with Crippen molar-refractivity contribution in [2.45, 2.75) is 57.4 Å². The fourth-order valence-corrected chi connectivity index (χ4v) is 4.74. The predicted octanol–water partition coefficient (Wildman–Crippen LogP) is 5.86. The zero-order valence-electron chi connectivity index (χ0n) is 11.2. The smallest absolute Gasteiger partial charge is 0.0648 e. The molecule has 2 aliphatic rings. The molecule has 1 N–H and O–H groups in total. The molecule has 0 saturated heterocycles. The molecule has 0 bridgehead atoms. The molecule has 0 radical (unpaired) electrons. The molecule has 1 aromatic carbocycles. The summed E-state index contributed by atoms with van der Waals surface area (Å²) >= 11 is 8.60. The minimum absolute atomic E-state index is 0.615. The number of halogens is 2. The Hall–Kier alpha value is 0.0400. The van der Waals surface area contributed by atoms with Gasteiger partial charge in [-0.1, -0.05) is 24.4 Å². The van der Waals surface area contributed by atoms with Crippen LogP contribution < -0.4 is 5.32 Å². The van der Waals surface area contributed by atoms with Gasteiger partial charge in [-0.3, -0.25) is 0 Å². The SMILES string of the molecule is Clc1cc(I)ccc1NC1CCC2(CCCC2)CC1. The molecule has 104 valence electrons. The lowest BCUT2D eigenvalue weighted by molar-refractivity contribution is 0.188. The van der Waals surface area contributed by atoms with E-state index in [0.717, 1.165) is 10.7 Å². The predicted molar refractivity (Wildman–Crippen MR) is 90.9 cm³/mol. The number of rotatable bonds is 2. The van der Waals surface area contributed by atoms with Gasteiger partial charge in [0.05, 0.1) is 10.7 Å². The van der Waals surface area contributed by atoms with Crippen molar-refractivity contribution in [3.63, 3.8) is 0 Å². The highest BCUT2D eigenvalue weighted by atomic mass is 127. The van der Waals surface area contributed by atoms with E-state index < -0.39 is 0 Å². The van der Waals surface area contributed by atoms with Gasteiger partial charge >= 0.3 is 0 Å². The Bertz CT molecular complexity index is 444. The quantitative estimate of drug-likeness (QED) is 0.625. The van der Waals surface area contributed by atoms with Crippen molar-refractivity contribution in [1.82, 2.24) is 0 Å². The van der Waals surface area contributed by atoms with Crippen LogP contribution in [0.25, 0.3) is 0 Å². The first-order valence-electron chi connectivity index (χ1n) is 7.39. The van der Waals surface area contributed by atoms with Crippen LogP contribution in [0, 0.1) is 8.99 Å². The fraction of sp³-hybridized carbons (Fsp3) is 0.625. The Morgan fingerprint density at radius 2 is 1.79 bits per heavy atom. The number of anilines is 1. The van der Waals surface area contributed by atoms with E-state index in [1.807, 2.05) is 6.07 Å². The lowest BCUT2D eigenvalue weighted by Gasteiger charge is -2.38. The lowest BCUT2D eigenvalue weighted by atomic mass is 9.71. The number of hydrogen-bond acceptors (Lipinski definition) is 1. The zero-order valence-corrected chi connectivity index (χ0v) is 14.1. The van der Waals surface area contributed by atoms with Crippen LogP contribution in [-0.2, 0) is 0 Å². The summed E-state index contributed by atoms with van der Waals surface area (Å²) in [5.41, 5.74) is 1.82. The van der Waals surface area contributed by atoms with Gasteiger partial charge in [-0.2, -0.15) is 0 Å². The third-order valence-electron chi connectivity index (χ3n) is 5.00. The molecule has 0 atom stereocenters. The first kappa shape index (κ1) is 14.0. The second-order valence-corrected chi connectivity index (χ2v) is 7.90. The first-order chi connectivity index (χ1) is 9.17. The van der Waals surface area contributed by atoms with Crippen molar-refractivity contribution in [3.05, 3.63) is 26.8 Å². The van der Waals surface area contributed by atoms with Gasteiger partial charge in [-0.25, -0.2) is 0 Å². The summed E-state index contributed by atoms with van der Waals surface area (Å²) in [5, 5.41) is 4.50. The van der Waals surface area contributed by atoms with Crippen LogP contribution in [0.5, 0.6) is 0 Å². The Labute approximate surface area is 134 Å². The van der Waals surface area contributed by atoms with E-state index in [2.05, 4.69) is 40.0 Å². The van der Waals surface area contributed by atoms with Gasteiger partial charge in [-0.15, -0.1) is 0 Å². The van der Waals surface area contributed by atoms with Gasteiger partial charge in [0.15, 0.2) is 0 Å². The van der Waals surface area contributed by atoms with E-state index in [0.29, 0.717) is 11.5 Å². The average Bonchev–Trinajstić information content (AvgIpc) is 2.84. The van der Waals surface area contributed by atoms with Crippen molar-refractivity contribution in [2.75, 3.05) is 5.32 Å². The summed E-state index contributed by atoms with van der Waals surface area (Å²) in [5.74, 6) is 0. The molecule has 3 heteroatoms. The molecular weight excluding hydrogens is 369 g/mol. The molecule has 2 fully saturated rings. The van der Waals surface area contributed by atoms with Crippen LogP contribution in [0.15, 0.2) is 18.2 Å². The number of nitrogens with one attached hydrogen (secondary N) is 1. The van der Waals surface area contributed by atoms with Crippen molar-refractivity contribution in [3.8, 4) is 0 Å². The van der Waals surface area contributed by atoms with E-state index >= 15 is 0 Å². The van der Waals surface area contributed by atoms with Crippen LogP contribution in [0.2, 0.25) is 5.02 Å². The Kier molecular flexibility index (Phi) is 4.28. The minimum atomic E-state index is 0.615. The molecule has 1 spiro atoms. The van der Waals surface area contributed by atoms with Crippen molar-refractivity contribution in [2.24, 2.45) is 5.41 Å². The Balaban J connectivity index is 1.60. The molecule has 0 heterocycles. The maximum absolute atomic E-state index is 6.30. The third kappa shape index (κ3) is 3.21. The molecule has 0 amide bonds. The standard InChI is InChI=1S/C16H21ClIN/c17-14-11-12(18)3-4-15(14)19-13-5-9-16(10-6-13)7-1-2-8-16/h3-4,11,13,19H,1-2,5-10H2. The molecule has 2 aliphatic carbocycles. The van der Waals surface area contributed by atoms with Crippen LogP contribution in [-0.4, -0.2) is 6.04 Å². The van der Waals surface area contributed by atoms with Gasteiger partial charge in [0.1, 0.15) is 0 Å². The second-order valence-electron chi connectivity index (χ2n) is 6.25. The van der Waals surface area contributed by atoms with E-state index in [4.69, 9.17) is 11.6 Å². The molecule has 1 aromatic rings. The van der Waals surface area contributed by atoms with Gasteiger partial charge in [-0.05, 0) is 84.7 Å². The summed E-state index contributed by atoms with van der Waals surface area (Å²) < 4.78 is 1.20. The zero-order chi connectivity index (χ0) is 13.3. The first-order valence-corrected chi connectivity index (χ1v) is 8.84. The van der Waals surface area contributed by atoms with E-state index in [1.54, 1.807) is 0 Å². The maximum atomic E-state index is 6.30. The normalized spacial score (nSPS) is 22.8. The average molecular weight is 390 g/mol. The van der Waals surface area contributed by atoms with Crippen LogP contribution >= 0.6 is 34.2 Å². The van der Waals surface area contributed by atoms with E-state index in [1.165, 1.54) is 54.9 Å². The van der Waals surface area contributed by atoms with Crippen molar-refractivity contribution in [1.29, 1.82) is 0 Å². The summed E-state index contributed by atoms with van der Waals surface area (Å²) in [7, 11) is 0. The fourth-order valence-electron chi connectivity index (χ4n) is 3.83. The molecule has 1 nitrogen and oxygen atoms in total. The maximum Gasteiger partial charge on any atom is 0.0648 e. The number of benzene rings is 1. The van der Waals surface area contributed by atoms with Gasteiger partial charge in [0.25, 0.3) is 0 Å². The Morgan fingerprint density at radius 1 is 1.11 bits per heavy atom. The van der Waals surface area contributed by atoms with Crippen LogP contribution in [0.4, 0.5) is 5.69 Å². The molecule has 0 unspecified atom stereocenters. The highest BCUT2D eigenvalue weighted by Gasteiger charge is 2.37.